The summed E-state index contributed by atoms with van der Waals surface area (Å²) in [6, 6.07) is 16.2. The summed E-state index contributed by atoms with van der Waals surface area (Å²) in [7, 11) is 0. The Kier molecular flexibility index (Phi) is 19.8. The summed E-state index contributed by atoms with van der Waals surface area (Å²) in [6.07, 6.45) is -25.4. The van der Waals surface area contributed by atoms with Gasteiger partial charge in [0.15, 0.2) is 12.6 Å². The van der Waals surface area contributed by atoms with Crippen molar-refractivity contribution in [3.63, 3.8) is 0 Å². The number of aromatic hydroxyl groups is 2. The monoisotopic (exact) mass is 1060 g/mol. The van der Waals surface area contributed by atoms with Crippen LogP contribution in [-0.4, -0.2) is 242 Å². The number of ether oxygens (including phenoxy) is 6. The Bertz CT molecular complexity index is 2130. The number of para-hydroxylation sites is 2. The fraction of sp³-hybridized carbons (Fsp3) is 0.565. The Morgan fingerprint density at radius 1 is 0.444 bits per heavy atom. The second kappa shape index (κ2) is 25.4. The molecule has 3 aromatic rings. The Morgan fingerprint density at radius 2 is 0.819 bits per heavy atom. The fourth-order valence-corrected chi connectivity index (χ4v) is 10.5. The van der Waals surface area contributed by atoms with Crippen molar-refractivity contribution in [1.82, 2.24) is 0 Å². The molecule has 4 heterocycles. The molecule has 3 aromatic carbocycles. The molecule has 4 aliphatic heterocycles. The molecule has 4 saturated heterocycles. The summed E-state index contributed by atoms with van der Waals surface area (Å²) in [6.45, 7) is -2.83. The first kappa shape index (κ1) is 56.2. The van der Waals surface area contributed by atoms with Gasteiger partial charge in [-0.2, -0.15) is 0 Å². The molecule has 0 aromatic heterocycles. The van der Waals surface area contributed by atoms with Gasteiger partial charge in [-0.05, 0) is 47.5 Å². The molecular weight excluding hydrogens is 997 g/mol. The molecule has 4 fully saturated rings. The predicted molar refractivity (Wildman–Crippen MR) is 253 cm³/mol. The Morgan fingerprint density at radius 3 is 1.18 bits per heavy atom. The van der Waals surface area contributed by atoms with E-state index >= 15 is 0 Å². The van der Waals surface area contributed by atoms with Crippen molar-refractivity contribution in [1.29, 1.82) is 0 Å². The van der Waals surface area contributed by atoms with Crippen molar-refractivity contribution in [3.05, 3.63) is 82.9 Å². The number of phenolic OH excluding ortho intramolecular Hbond substituents is 2. The lowest BCUT2D eigenvalue weighted by Gasteiger charge is -2.46. The fourth-order valence-electron chi connectivity index (χ4n) is 8.30. The second-order valence-corrected chi connectivity index (χ2v) is 19.6. The second-order valence-electron chi connectivity index (χ2n) is 17.4. The summed E-state index contributed by atoms with van der Waals surface area (Å²) < 4.78 is 33.7. The molecular formula is C46H60N2O22S2. The number of hydrogen-bond acceptors (Lipinski definition) is 26. The van der Waals surface area contributed by atoms with Crippen LogP contribution in [0.2, 0.25) is 0 Å². The van der Waals surface area contributed by atoms with E-state index in [9.17, 15) is 81.7 Å². The summed E-state index contributed by atoms with van der Waals surface area (Å²) in [5.41, 5.74) is 0.479. The summed E-state index contributed by atoms with van der Waals surface area (Å²) in [5, 5.41) is 166. The van der Waals surface area contributed by atoms with E-state index in [1.807, 2.05) is 0 Å². The molecule has 0 unspecified atom stereocenters. The van der Waals surface area contributed by atoms with Gasteiger partial charge in [0.25, 0.3) is 0 Å². The zero-order valence-corrected chi connectivity index (χ0v) is 39.7. The van der Waals surface area contributed by atoms with Crippen molar-refractivity contribution in [2.24, 2.45) is 9.98 Å². The maximum atomic E-state index is 11.0. The normalized spacial score (nSPS) is 37.6. The topological polar surface area (TPSA) is 404 Å². The van der Waals surface area contributed by atoms with Crippen LogP contribution in [0, 0.1) is 0 Å². The highest BCUT2D eigenvalue weighted by Gasteiger charge is 2.52. The van der Waals surface area contributed by atoms with Crippen LogP contribution in [-0.2, 0) is 39.9 Å². The average Bonchev–Trinajstić information content (AvgIpc) is 3.38. The molecule has 7 rings (SSSR count). The Balaban J connectivity index is 0.953. The van der Waals surface area contributed by atoms with Gasteiger partial charge in [-0.15, -0.1) is 23.5 Å². The summed E-state index contributed by atoms with van der Waals surface area (Å²) in [5.74, 6) is 0.133. The van der Waals surface area contributed by atoms with E-state index in [2.05, 4.69) is 9.98 Å². The number of nitrogens with zero attached hydrogens (tertiary/aromatic N) is 2. The highest BCUT2D eigenvalue weighted by molar-refractivity contribution is 7.99. The molecule has 398 valence electrons. The molecule has 0 spiro atoms. The number of hydrogen-bond donors (Lipinski definition) is 16. The number of phenols is 2. The maximum absolute atomic E-state index is 11.0. The van der Waals surface area contributed by atoms with Crippen LogP contribution in [0.4, 0.5) is 11.4 Å². The van der Waals surface area contributed by atoms with Crippen LogP contribution in [0.1, 0.15) is 22.3 Å². The van der Waals surface area contributed by atoms with Crippen LogP contribution < -0.4 is 0 Å². The number of aliphatic hydroxyl groups excluding tert-OH is 14. The zero-order valence-electron chi connectivity index (χ0n) is 38.0. The molecule has 0 radical (unpaired) electrons. The van der Waals surface area contributed by atoms with E-state index in [1.165, 1.54) is 24.6 Å². The lowest BCUT2D eigenvalue weighted by Crippen LogP contribution is -2.64. The quantitative estimate of drug-likeness (QED) is 0.0546. The number of aliphatic hydroxyl groups is 14. The third-order valence-corrected chi connectivity index (χ3v) is 14.9. The molecule has 72 heavy (non-hydrogen) atoms. The van der Waals surface area contributed by atoms with Crippen molar-refractivity contribution in [2.45, 2.75) is 133 Å². The number of aliphatic imine (C=N–C) groups is 2. The molecule has 4 aliphatic rings. The van der Waals surface area contributed by atoms with Gasteiger partial charge in [-0.1, -0.05) is 24.3 Å². The molecule has 20 atom stereocenters. The van der Waals surface area contributed by atoms with Gasteiger partial charge >= 0.3 is 0 Å². The van der Waals surface area contributed by atoms with Crippen LogP contribution in [0.15, 0.2) is 70.6 Å². The first-order chi connectivity index (χ1) is 34.5. The largest absolute Gasteiger partial charge is 0.507 e. The van der Waals surface area contributed by atoms with Crippen LogP contribution in [0.3, 0.4) is 0 Å². The van der Waals surface area contributed by atoms with E-state index in [0.29, 0.717) is 33.6 Å². The highest BCUT2D eigenvalue weighted by Crippen LogP contribution is 2.37. The minimum Gasteiger partial charge on any atom is -0.507 e. The first-order valence-corrected chi connectivity index (χ1v) is 24.8. The van der Waals surface area contributed by atoms with Crippen molar-refractivity contribution in [3.8, 4) is 11.5 Å². The molecule has 0 amide bonds. The summed E-state index contributed by atoms with van der Waals surface area (Å²) >= 11 is 2.13. The molecule has 26 heteroatoms. The van der Waals surface area contributed by atoms with Crippen molar-refractivity contribution in [2.75, 3.05) is 26.4 Å². The minimum atomic E-state index is -1.80. The highest BCUT2D eigenvalue weighted by atomic mass is 32.2. The van der Waals surface area contributed by atoms with Crippen molar-refractivity contribution >= 4 is 47.3 Å². The van der Waals surface area contributed by atoms with E-state index in [4.69, 9.17) is 28.4 Å². The third-order valence-electron chi connectivity index (χ3n) is 12.5. The van der Waals surface area contributed by atoms with E-state index < -0.39 is 148 Å². The Hall–Kier alpha value is -3.50. The van der Waals surface area contributed by atoms with Gasteiger partial charge in [0.2, 0.25) is 0 Å². The average molecular weight is 1060 g/mol. The van der Waals surface area contributed by atoms with E-state index in [-0.39, 0.29) is 23.0 Å². The predicted octanol–water partition coefficient (Wildman–Crippen LogP) is -3.69. The van der Waals surface area contributed by atoms with Gasteiger partial charge in [0, 0.05) is 35.1 Å². The number of benzene rings is 3. The van der Waals surface area contributed by atoms with E-state index in [1.54, 1.807) is 48.5 Å². The van der Waals surface area contributed by atoms with E-state index in [0.717, 1.165) is 23.5 Å². The zero-order chi connectivity index (χ0) is 52.0. The van der Waals surface area contributed by atoms with Crippen LogP contribution in [0.5, 0.6) is 11.5 Å². The molecule has 24 nitrogen and oxygen atoms in total. The summed E-state index contributed by atoms with van der Waals surface area (Å²) in [4.78, 5) is 9.10. The lowest BCUT2D eigenvalue weighted by atomic mass is 9.97. The van der Waals surface area contributed by atoms with Gasteiger partial charge in [-0.25, -0.2) is 0 Å². The lowest BCUT2D eigenvalue weighted by molar-refractivity contribution is -0.338. The minimum absolute atomic E-state index is 0.111. The molecule has 16 N–H and O–H groups in total. The standard InChI is InChI=1S/C46H60N2O22S2/c49-13-27-31(55)33(57)37(61)43(65-27)69-41-29(15-51)67-45(39(63)35(41)59)71-17-19-5-7-25(53)21(9-19)11-47-23-3-1-2-4-24(23)48-12-22-10-20(6-8-26(22)54)18-72-46-40(64)36(60)42(30(16-52)68-46)70-44-38(62)34(58)32(56)28(14-50)66-44/h1-12,27-46,49-64H,13-18H2/t27-,28-,29-,30-,31-,32-,33+,34+,35-,36-,37-,38-,39-,40-,41-,42-,43+,44+,45+,46+/m1/s1. The van der Waals surface area contributed by atoms with Gasteiger partial charge in [0.05, 0.1) is 37.8 Å². The third kappa shape index (κ3) is 12.8. The molecule has 0 aliphatic carbocycles. The number of rotatable bonds is 18. The molecule has 0 saturated carbocycles. The van der Waals surface area contributed by atoms with Crippen LogP contribution in [0.25, 0.3) is 0 Å². The van der Waals surface area contributed by atoms with Gasteiger partial charge in [0.1, 0.15) is 120 Å². The Labute approximate surface area is 419 Å². The SMILES string of the molecule is OC[C@H]1O[C@@H](O[C@H]2[C@H](O)[C@@H](O)[C@H](SCc3ccc(O)c(C=Nc4ccccc4N=Cc4cc(CS[C@@H]5O[C@H](CO)[C@@H](O[C@@H]6O[C@H](CO)[C@@H](O)[C@H](O)[C@H]6O)[C@H](O)[C@H]5O)ccc4O)c3)O[C@@H]2CO)[C@H](O)[C@@H](O)[C@@H]1O. The van der Waals surface area contributed by atoms with Crippen molar-refractivity contribution < 1.29 is 110 Å². The van der Waals surface area contributed by atoms with Gasteiger partial charge in [-0.3, -0.25) is 9.98 Å². The first-order valence-electron chi connectivity index (χ1n) is 22.7. The smallest absolute Gasteiger partial charge is 0.187 e. The number of thioether (sulfide) groups is 2. The maximum Gasteiger partial charge on any atom is 0.187 e. The van der Waals surface area contributed by atoms with Crippen LogP contribution >= 0.6 is 23.5 Å². The van der Waals surface area contributed by atoms with Gasteiger partial charge < -0.3 is 110 Å². The molecule has 0 bridgehead atoms.